The van der Waals surface area contributed by atoms with E-state index in [-0.39, 0.29) is 12.2 Å². The molecular formula is C7H14BrNO2. The molecule has 0 aromatic heterocycles. The fourth-order valence-electron chi connectivity index (χ4n) is 1.32. The zero-order valence-electron chi connectivity index (χ0n) is 6.41. The number of β-amino-alcohol motifs (C(OH)–C–C–N with tert-alkyl or cyclic N) is 2. The van der Waals surface area contributed by atoms with Crippen LogP contribution in [0.4, 0.5) is 0 Å². The third kappa shape index (κ3) is 3.07. The monoisotopic (exact) mass is 223 g/mol. The van der Waals surface area contributed by atoms with E-state index in [2.05, 4.69) is 20.8 Å². The third-order valence-electron chi connectivity index (χ3n) is 1.89. The first-order valence-corrected chi connectivity index (χ1v) is 4.99. The van der Waals surface area contributed by atoms with Crippen molar-refractivity contribution in [3.05, 3.63) is 0 Å². The van der Waals surface area contributed by atoms with Gasteiger partial charge in [-0.05, 0) is 6.42 Å². The van der Waals surface area contributed by atoms with Crippen molar-refractivity contribution in [2.75, 3.05) is 25.0 Å². The molecule has 0 radical (unpaired) electrons. The Morgan fingerprint density at radius 1 is 1.64 bits per heavy atom. The highest BCUT2D eigenvalue weighted by Crippen LogP contribution is 2.09. The van der Waals surface area contributed by atoms with E-state index < -0.39 is 0 Å². The topological polar surface area (TPSA) is 43.7 Å². The molecule has 2 N–H and O–H groups in total. The highest BCUT2D eigenvalue weighted by molar-refractivity contribution is 9.09. The second-order valence-electron chi connectivity index (χ2n) is 3.01. The van der Waals surface area contributed by atoms with E-state index in [1.165, 1.54) is 0 Å². The van der Waals surface area contributed by atoms with E-state index in [4.69, 9.17) is 5.11 Å². The standard InChI is InChI=1S/C7H14BrNO2/c8-3-7(11)5-9-2-1-6(10)4-9/h6-7,10-11H,1-5H2. The lowest BCUT2D eigenvalue weighted by Crippen LogP contribution is -2.32. The molecule has 0 bridgehead atoms. The number of hydrogen-bond acceptors (Lipinski definition) is 3. The molecule has 1 heterocycles. The van der Waals surface area contributed by atoms with E-state index in [1.807, 2.05) is 0 Å². The van der Waals surface area contributed by atoms with Crippen molar-refractivity contribution in [2.24, 2.45) is 0 Å². The maximum atomic E-state index is 9.23. The Morgan fingerprint density at radius 3 is 2.82 bits per heavy atom. The fourth-order valence-corrected chi connectivity index (χ4v) is 1.53. The second-order valence-corrected chi connectivity index (χ2v) is 3.66. The van der Waals surface area contributed by atoms with Crippen molar-refractivity contribution in [1.29, 1.82) is 0 Å². The largest absolute Gasteiger partial charge is 0.392 e. The van der Waals surface area contributed by atoms with E-state index in [0.29, 0.717) is 18.4 Å². The average molecular weight is 224 g/mol. The molecular weight excluding hydrogens is 210 g/mol. The fraction of sp³-hybridized carbons (Fsp3) is 1.00. The summed E-state index contributed by atoms with van der Waals surface area (Å²) in [4.78, 5) is 2.08. The van der Waals surface area contributed by atoms with Gasteiger partial charge >= 0.3 is 0 Å². The summed E-state index contributed by atoms with van der Waals surface area (Å²) >= 11 is 3.20. The number of aliphatic hydroxyl groups is 2. The quantitative estimate of drug-likeness (QED) is 0.653. The summed E-state index contributed by atoms with van der Waals surface area (Å²) in [6, 6.07) is 0. The number of alkyl halides is 1. The number of rotatable bonds is 3. The lowest BCUT2D eigenvalue weighted by atomic mass is 10.3. The van der Waals surface area contributed by atoms with Crippen molar-refractivity contribution < 1.29 is 10.2 Å². The maximum Gasteiger partial charge on any atom is 0.0763 e. The Bertz CT molecular complexity index is 123. The molecule has 1 saturated heterocycles. The maximum absolute atomic E-state index is 9.23. The summed E-state index contributed by atoms with van der Waals surface area (Å²) in [6.07, 6.45) is 0.354. The van der Waals surface area contributed by atoms with Crippen molar-refractivity contribution >= 4 is 15.9 Å². The van der Waals surface area contributed by atoms with Crippen LogP contribution in [0.25, 0.3) is 0 Å². The smallest absolute Gasteiger partial charge is 0.0763 e. The van der Waals surface area contributed by atoms with Gasteiger partial charge in [-0.3, -0.25) is 4.90 Å². The molecule has 0 aromatic carbocycles. The molecule has 0 aromatic rings. The van der Waals surface area contributed by atoms with E-state index in [9.17, 15) is 5.11 Å². The van der Waals surface area contributed by atoms with E-state index >= 15 is 0 Å². The summed E-state index contributed by atoms with van der Waals surface area (Å²) in [5.74, 6) is 0. The summed E-state index contributed by atoms with van der Waals surface area (Å²) in [5.41, 5.74) is 0. The Morgan fingerprint density at radius 2 is 2.36 bits per heavy atom. The van der Waals surface area contributed by atoms with Gasteiger partial charge in [-0.25, -0.2) is 0 Å². The molecule has 2 atom stereocenters. The molecule has 1 rings (SSSR count). The van der Waals surface area contributed by atoms with Gasteiger partial charge in [-0.2, -0.15) is 0 Å². The highest BCUT2D eigenvalue weighted by Gasteiger charge is 2.21. The molecule has 1 aliphatic rings. The summed E-state index contributed by atoms with van der Waals surface area (Å²) in [6.45, 7) is 2.29. The predicted molar refractivity (Wildman–Crippen MR) is 46.9 cm³/mol. The van der Waals surface area contributed by atoms with Crippen LogP contribution in [0.2, 0.25) is 0 Å². The first kappa shape index (κ1) is 9.45. The van der Waals surface area contributed by atoms with Crippen LogP contribution in [-0.4, -0.2) is 52.3 Å². The first-order chi connectivity index (χ1) is 5.22. The molecule has 0 amide bonds. The summed E-state index contributed by atoms with van der Waals surface area (Å²) < 4.78 is 0. The molecule has 0 spiro atoms. The molecule has 1 aliphatic heterocycles. The van der Waals surface area contributed by atoms with E-state index in [0.717, 1.165) is 13.0 Å². The zero-order valence-corrected chi connectivity index (χ0v) is 8.00. The first-order valence-electron chi connectivity index (χ1n) is 3.87. The van der Waals surface area contributed by atoms with Crippen LogP contribution in [0.15, 0.2) is 0 Å². The van der Waals surface area contributed by atoms with Crippen molar-refractivity contribution in [1.82, 2.24) is 4.90 Å². The van der Waals surface area contributed by atoms with Crippen LogP contribution in [0, 0.1) is 0 Å². The Hall–Kier alpha value is 0.360. The van der Waals surface area contributed by atoms with Crippen molar-refractivity contribution in [3.8, 4) is 0 Å². The normalized spacial score (nSPS) is 29.2. The second kappa shape index (κ2) is 4.40. The molecule has 0 saturated carbocycles. The van der Waals surface area contributed by atoms with Crippen molar-refractivity contribution in [3.63, 3.8) is 0 Å². The predicted octanol–water partition coefficient (Wildman–Crippen LogP) is -0.191. The molecule has 0 aliphatic carbocycles. The minimum atomic E-state index is -0.305. The van der Waals surface area contributed by atoms with Crippen LogP contribution < -0.4 is 0 Å². The minimum Gasteiger partial charge on any atom is -0.392 e. The zero-order chi connectivity index (χ0) is 8.27. The summed E-state index contributed by atoms with van der Waals surface area (Å²) in [7, 11) is 0. The van der Waals surface area contributed by atoms with Crippen molar-refractivity contribution in [2.45, 2.75) is 18.6 Å². The number of hydrogen-bond donors (Lipinski definition) is 2. The van der Waals surface area contributed by atoms with Gasteiger partial charge in [0.25, 0.3) is 0 Å². The van der Waals surface area contributed by atoms with Gasteiger partial charge in [0.1, 0.15) is 0 Å². The number of aliphatic hydroxyl groups excluding tert-OH is 2. The molecule has 2 unspecified atom stereocenters. The number of halogens is 1. The SMILES string of the molecule is OC(CBr)CN1CCC(O)C1. The van der Waals surface area contributed by atoms with Crippen LogP contribution in [-0.2, 0) is 0 Å². The van der Waals surface area contributed by atoms with Gasteiger partial charge in [-0.15, -0.1) is 0 Å². The molecule has 11 heavy (non-hydrogen) atoms. The number of likely N-dealkylation sites (tertiary alicyclic amines) is 1. The van der Waals surface area contributed by atoms with Crippen LogP contribution in [0.5, 0.6) is 0 Å². The highest BCUT2D eigenvalue weighted by atomic mass is 79.9. The van der Waals surface area contributed by atoms with Gasteiger partial charge in [0.15, 0.2) is 0 Å². The average Bonchev–Trinajstić information content (AvgIpc) is 2.35. The Labute approximate surface area is 75.1 Å². The van der Waals surface area contributed by atoms with Crippen LogP contribution in [0.3, 0.4) is 0 Å². The van der Waals surface area contributed by atoms with Gasteiger partial charge in [0, 0.05) is 25.0 Å². The number of nitrogens with zero attached hydrogens (tertiary/aromatic N) is 1. The van der Waals surface area contributed by atoms with Gasteiger partial charge in [0.2, 0.25) is 0 Å². The van der Waals surface area contributed by atoms with Gasteiger partial charge in [-0.1, -0.05) is 15.9 Å². The molecule has 3 nitrogen and oxygen atoms in total. The van der Waals surface area contributed by atoms with Gasteiger partial charge < -0.3 is 10.2 Å². The Kier molecular flexibility index (Phi) is 3.78. The lowest BCUT2D eigenvalue weighted by molar-refractivity contribution is 0.128. The third-order valence-corrected chi connectivity index (χ3v) is 2.64. The summed E-state index contributed by atoms with van der Waals surface area (Å²) in [5, 5.41) is 19.0. The molecule has 66 valence electrons. The van der Waals surface area contributed by atoms with Gasteiger partial charge in [0.05, 0.1) is 12.2 Å². The van der Waals surface area contributed by atoms with Crippen LogP contribution >= 0.6 is 15.9 Å². The molecule has 4 heteroatoms. The van der Waals surface area contributed by atoms with E-state index in [1.54, 1.807) is 0 Å². The Balaban J connectivity index is 2.17. The lowest BCUT2D eigenvalue weighted by Gasteiger charge is -2.17. The minimum absolute atomic E-state index is 0.183. The molecule has 1 fully saturated rings. The van der Waals surface area contributed by atoms with Crippen LogP contribution in [0.1, 0.15) is 6.42 Å².